The van der Waals surface area contributed by atoms with Crippen LogP contribution in [0.1, 0.15) is 36.9 Å². The van der Waals surface area contributed by atoms with Gasteiger partial charge in [-0.15, -0.1) is 11.8 Å². The predicted octanol–water partition coefficient (Wildman–Crippen LogP) is 3.45. The van der Waals surface area contributed by atoms with E-state index in [4.69, 9.17) is 0 Å². The topological polar surface area (TPSA) is 29.1 Å². The van der Waals surface area contributed by atoms with Crippen molar-refractivity contribution in [1.29, 1.82) is 0 Å². The Morgan fingerprint density at radius 3 is 3.00 bits per heavy atom. The summed E-state index contributed by atoms with van der Waals surface area (Å²) in [5.74, 6) is 1.30. The fraction of sp³-hybridized carbons (Fsp3) is 0.533. The molecular formula is C15H18BrNOS. The molecule has 1 saturated heterocycles. The SMILES string of the molecule is CC1(C(=O)NC2c3ccccc3CC2Br)CCCS1. The Labute approximate surface area is 126 Å². The lowest BCUT2D eigenvalue weighted by Crippen LogP contribution is -2.43. The van der Waals surface area contributed by atoms with Gasteiger partial charge in [0.1, 0.15) is 0 Å². The summed E-state index contributed by atoms with van der Waals surface area (Å²) in [5, 5.41) is 3.26. The van der Waals surface area contributed by atoms with Crippen LogP contribution >= 0.6 is 27.7 Å². The van der Waals surface area contributed by atoms with E-state index in [1.54, 1.807) is 11.8 Å². The van der Waals surface area contributed by atoms with Crippen LogP contribution in [0.3, 0.4) is 0 Å². The van der Waals surface area contributed by atoms with Gasteiger partial charge in [-0.25, -0.2) is 0 Å². The molecule has 1 amide bonds. The van der Waals surface area contributed by atoms with Gasteiger partial charge in [-0.2, -0.15) is 0 Å². The van der Waals surface area contributed by atoms with Crippen molar-refractivity contribution in [1.82, 2.24) is 5.32 Å². The second kappa shape index (κ2) is 5.13. The first-order valence-electron chi connectivity index (χ1n) is 6.77. The van der Waals surface area contributed by atoms with Crippen LogP contribution in [-0.4, -0.2) is 21.2 Å². The highest BCUT2D eigenvalue weighted by Gasteiger charge is 2.40. The molecule has 1 aliphatic carbocycles. The molecule has 1 aliphatic heterocycles. The molecular weight excluding hydrogens is 322 g/mol. The average molecular weight is 340 g/mol. The van der Waals surface area contributed by atoms with Crippen LogP contribution in [-0.2, 0) is 11.2 Å². The summed E-state index contributed by atoms with van der Waals surface area (Å²) in [6.07, 6.45) is 3.13. The highest BCUT2D eigenvalue weighted by atomic mass is 79.9. The van der Waals surface area contributed by atoms with Gasteiger partial charge < -0.3 is 5.32 Å². The molecule has 1 aromatic rings. The Morgan fingerprint density at radius 1 is 1.47 bits per heavy atom. The summed E-state index contributed by atoms with van der Waals surface area (Å²) in [7, 11) is 0. The quantitative estimate of drug-likeness (QED) is 0.836. The van der Waals surface area contributed by atoms with E-state index in [0.717, 1.165) is 25.0 Å². The Balaban J connectivity index is 1.78. The van der Waals surface area contributed by atoms with E-state index < -0.39 is 0 Å². The summed E-state index contributed by atoms with van der Waals surface area (Å²) < 4.78 is -0.232. The summed E-state index contributed by atoms with van der Waals surface area (Å²) >= 11 is 5.51. The zero-order valence-electron chi connectivity index (χ0n) is 11.0. The van der Waals surface area contributed by atoms with Crippen molar-refractivity contribution in [2.24, 2.45) is 0 Å². The number of halogens is 1. The Morgan fingerprint density at radius 2 is 2.26 bits per heavy atom. The van der Waals surface area contributed by atoms with Gasteiger partial charge in [0.2, 0.25) is 5.91 Å². The number of alkyl halides is 1. The highest BCUT2D eigenvalue weighted by molar-refractivity contribution is 9.09. The lowest BCUT2D eigenvalue weighted by atomic mass is 10.0. The van der Waals surface area contributed by atoms with Crippen LogP contribution in [0.4, 0.5) is 0 Å². The number of thioether (sulfide) groups is 1. The van der Waals surface area contributed by atoms with Crippen molar-refractivity contribution in [3.8, 4) is 0 Å². The second-order valence-electron chi connectivity index (χ2n) is 5.55. The minimum Gasteiger partial charge on any atom is -0.347 e. The van der Waals surface area contributed by atoms with E-state index in [0.29, 0.717) is 4.83 Å². The van der Waals surface area contributed by atoms with E-state index in [-0.39, 0.29) is 16.7 Å². The number of hydrogen-bond acceptors (Lipinski definition) is 2. The zero-order chi connectivity index (χ0) is 13.5. The first kappa shape index (κ1) is 13.5. The van der Waals surface area contributed by atoms with Crippen molar-refractivity contribution in [2.45, 2.75) is 41.8 Å². The minimum atomic E-state index is -0.232. The first-order chi connectivity index (χ1) is 9.10. The number of carbonyl (C=O) groups is 1. The van der Waals surface area contributed by atoms with Gasteiger partial charge >= 0.3 is 0 Å². The maximum Gasteiger partial charge on any atom is 0.236 e. The van der Waals surface area contributed by atoms with E-state index >= 15 is 0 Å². The van der Waals surface area contributed by atoms with Gasteiger partial charge in [0.05, 0.1) is 10.8 Å². The van der Waals surface area contributed by atoms with E-state index in [1.165, 1.54) is 11.1 Å². The van der Waals surface area contributed by atoms with E-state index in [1.807, 2.05) is 0 Å². The molecule has 3 rings (SSSR count). The molecule has 0 spiro atoms. The fourth-order valence-corrected chi connectivity index (χ4v) is 4.95. The number of hydrogen-bond donors (Lipinski definition) is 1. The van der Waals surface area contributed by atoms with Crippen LogP contribution in [0.25, 0.3) is 0 Å². The molecule has 0 radical (unpaired) electrons. The molecule has 2 aliphatic rings. The second-order valence-corrected chi connectivity index (χ2v) is 8.33. The largest absolute Gasteiger partial charge is 0.347 e. The van der Waals surface area contributed by atoms with Crippen molar-refractivity contribution < 1.29 is 4.79 Å². The first-order valence-corrected chi connectivity index (χ1v) is 8.67. The molecule has 3 unspecified atom stereocenters. The summed E-state index contributed by atoms with van der Waals surface area (Å²) in [4.78, 5) is 12.8. The maximum absolute atomic E-state index is 12.5. The molecule has 1 N–H and O–H groups in total. The fourth-order valence-electron chi connectivity index (χ4n) is 2.97. The zero-order valence-corrected chi connectivity index (χ0v) is 13.4. The number of benzene rings is 1. The molecule has 1 fully saturated rings. The molecule has 102 valence electrons. The number of nitrogens with one attached hydrogen (secondary N) is 1. The monoisotopic (exact) mass is 339 g/mol. The highest BCUT2D eigenvalue weighted by Crippen LogP contribution is 2.40. The lowest BCUT2D eigenvalue weighted by molar-refractivity contribution is -0.123. The summed E-state index contributed by atoms with van der Waals surface area (Å²) in [6, 6.07) is 8.51. The number of carbonyl (C=O) groups excluding carboxylic acids is 1. The molecule has 2 nitrogen and oxygen atoms in total. The van der Waals surface area contributed by atoms with Crippen LogP contribution in [0.2, 0.25) is 0 Å². The van der Waals surface area contributed by atoms with Gasteiger partial charge in [0.15, 0.2) is 0 Å². The van der Waals surface area contributed by atoms with Crippen molar-refractivity contribution >= 4 is 33.6 Å². The van der Waals surface area contributed by atoms with Gasteiger partial charge in [-0.1, -0.05) is 40.2 Å². The molecule has 19 heavy (non-hydrogen) atoms. The van der Waals surface area contributed by atoms with Gasteiger partial charge in [-0.3, -0.25) is 4.79 Å². The standard InChI is InChI=1S/C15H18BrNOS/c1-15(7-4-8-19-15)14(18)17-13-11-6-3-2-5-10(11)9-12(13)16/h2-3,5-6,12-13H,4,7-9H2,1H3,(H,17,18). The maximum atomic E-state index is 12.5. The lowest BCUT2D eigenvalue weighted by Gasteiger charge is -2.26. The van der Waals surface area contributed by atoms with Crippen LogP contribution in [0.5, 0.6) is 0 Å². The van der Waals surface area contributed by atoms with Crippen LogP contribution < -0.4 is 5.32 Å². The van der Waals surface area contributed by atoms with E-state index in [9.17, 15) is 4.79 Å². The molecule has 0 aromatic heterocycles. The van der Waals surface area contributed by atoms with Crippen molar-refractivity contribution in [3.63, 3.8) is 0 Å². The van der Waals surface area contributed by atoms with Crippen LogP contribution in [0, 0.1) is 0 Å². The number of rotatable bonds is 2. The third kappa shape index (κ3) is 2.45. The third-order valence-electron chi connectivity index (χ3n) is 4.15. The molecule has 3 atom stereocenters. The summed E-state index contributed by atoms with van der Waals surface area (Å²) in [6.45, 7) is 2.07. The average Bonchev–Trinajstić information content (AvgIpc) is 2.96. The Bertz CT molecular complexity index is 499. The molecule has 4 heteroatoms. The number of amides is 1. The van der Waals surface area contributed by atoms with Crippen LogP contribution in [0.15, 0.2) is 24.3 Å². The normalized spacial score (nSPS) is 33.2. The van der Waals surface area contributed by atoms with Crippen molar-refractivity contribution in [2.75, 3.05) is 5.75 Å². The van der Waals surface area contributed by atoms with Gasteiger partial charge in [0.25, 0.3) is 0 Å². The molecule has 0 bridgehead atoms. The predicted molar refractivity (Wildman–Crippen MR) is 83.8 cm³/mol. The Kier molecular flexibility index (Phi) is 3.65. The molecule has 1 heterocycles. The van der Waals surface area contributed by atoms with Gasteiger partial charge in [0, 0.05) is 4.83 Å². The van der Waals surface area contributed by atoms with E-state index in [2.05, 4.69) is 52.4 Å². The third-order valence-corrected chi connectivity index (χ3v) is 6.52. The number of fused-ring (bicyclic) bond motifs is 1. The Hall–Kier alpha value is -0.480. The smallest absolute Gasteiger partial charge is 0.236 e. The minimum absolute atomic E-state index is 0.113. The molecule has 1 aromatic carbocycles. The van der Waals surface area contributed by atoms with Crippen molar-refractivity contribution in [3.05, 3.63) is 35.4 Å². The summed E-state index contributed by atoms with van der Waals surface area (Å²) in [5.41, 5.74) is 2.61. The molecule has 0 saturated carbocycles. The van der Waals surface area contributed by atoms with Gasteiger partial charge in [-0.05, 0) is 43.1 Å².